The molecule has 6 rings (SSSR count). The quantitative estimate of drug-likeness (QED) is 0.305. The molecule has 37 heavy (non-hydrogen) atoms. The number of fused-ring (bicyclic) bond motifs is 3. The van der Waals surface area contributed by atoms with E-state index in [2.05, 4.69) is 18.2 Å². The molecular weight excluding hydrogens is 484 g/mol. The van der Waals surface area contributed by atoms with E-state index in [1.807, 2.05) is 47.0 Å². The molecule has 184 valence electrons. The molecule has 1 aromatic heterocycles. The number of hydrogen-bond acceptors (Lipinski definition) is 6. The van der Waals surface area contributed by atoms with Crippen LogP contribution in [-0.4, -0.2) is 17.6 Å². The zero-order valence-electron chi connectivity index (χ0n) is 20.4. The number of esters is 1. The van der Waals surface area contributed by atoms with Crippen molar-refractivity contribution < 1.29 is 14.3 Å². The molecule has 1 aliphatic heterocycles. The number of methoxy groups -OCH3 is 1. The second-order valence-corrected chi connectivity index (χ2v) is 10.1. The fraction of sp³-hybridized carbons (Fsp3) is 0.167. The van der Waals surface area contributed by atoms with Gasteiger partial charge >= 0.3 is 5.97 Å². The van der Waals surface area contributed by atoms with E-state index in [0.717, 1.165) is 46.6 Å². The Morgan fingerprint density at radius 3 is 2.68 bits per heavy atom. The van der Waals surface area contributed by atoms with Gasteiger partial charge in [0, 0.05) is 12.5 Å². The van der Waals surface area contributed by atoms with Crippen LogP contribution in [0.1, 0.15) is 41.6 Å². The van der Waals surface area contributed by atoms with Gasteiger partial charge < -0.3 is 9.47 Å². The zero-order chi connectivity index (χ0) is 25.5. The Morgan fingerprint density at radius 2 is 1.84 bits per heavy atom. The minimum atomic E-state index is -0.388. The van der Waals surface area contributed by atoms with E-state index in [9.17, 15) is 9.59 Å². The Hall–Kier alpha value is -4.23. The summed E-state index contributed by atoms with van der Waals surface area (Å²) in [6, 6.07) is 23.2. The minimum absolute atomic E-state index is 0.0973. The highest BCUT2D eigenvalue weighted by Crippen LogP contribution is 2.41. The summed E-state index contributed by atoms with van der Waals surface area (Å²) in [7, 11) is 1.65. The molecule has 1 aliphatic carbocycles. The van der Waals surface area contributed by atoms with Crippen LogP contribution in [0.2, 0.25) is 0 Å². The third kappa shape index (κ3) is 4.21. The van der Waals surface area contributed by atoms with Gasteiger partial charge in [0.15, 0.2) is 4.80 Å². The van der Waals surface area contributed by atoms with E-state index in [1.165, 1.54) is 23.8 Å². The maximum atomic E-state index is 13.9. The van der Waals surface area contributed by atoms with Crippen LogP contribution in [0.15, 0.2) is 88.2 Å². The summed E-state index contributed by atoms with van der Waals surface area (Å²) >= 11 is 1.37. The van der Waals surface area contributed by atoms with Crippen molar-refractivity contribution in [2.75, 3.05) is 7.11 Å². The van der Waals surface area contributed by atoms with Gasteiger partial charge in [0.1, 0.15) is 11.5 Å². The number of hydrogen-bond donors (Lipinski definition) is 0. The Balaban J connectivity index is 1.57. The van der Waals surface area contributed by atoms with Crippen molar-refractivity contribution in [2.24, 2.45) is 4.99 Å². The van der Waals surface area contributed by atoms with Gasteiger partial charge in [-0.3, -0.25) is 14.2 Å². The molecule has 0 unspecified atom stereocenters. The van der Waals surface area contributed by atoms with Crippen molar-refractivity contribution in [3.63, 3.8) is 0 Å². The summed E-state index contributed by atoms with van der Waals surface area (Å²) in [5.74, 6) is 0.799. The maximum Gasteiger partial charge on any atom is 0.308 e. The first kappa shape index (κ1) is 23.2. The molecule has 4 aromatic rings. The lowest BCUT2D eigenvalue weighted by molar-refractivity contribution is -0.131. The van der Waals surface area contributed by atoms with Crippen LogP contribution >= 0.6 is 11.3 Å². The number of carbonyl (C=O) groups excluding carboxylic acids is 1. The topological polar surface area (TPSA) is 69.9 Å². The van der Waals surface area contributed by atoms with Gasteiger partial charge in [0.05, 0.1) is 23.4 Å². The Labute approximate surface area is 217 Å². The van der Waals surface area contributed by atoms with Crippen molar-refractivity contribution in [2.45, 2.75) is 25.8 Å². The van der Waals surface area contributed by atoms with E-state index in [0.29, 0.717) is 15.1 Å². The lowest BCUT2D eigenvalue weighted by atomic mass is 9.83. The Kier molecular flexibility index (Phi) is 5.85. The number of carbonyl (C=O) groups is 1. The highest BCUT2D eigenvalue weighted by atomic mass is 32.1. The molecule has 0 spiro atoms. The zero-order valence-corrected chi connectivity index (χ0v) is 21.2. The predicted molar refractivity (Wildman–Crippen MR) is 143 cm³/mol. The summed E-state index contributed by atoms with van der Waals surface area (Å²) < 4.78 is 13.1. The summed E-state index contributed by atoms with van der Waals surface area (Å²) in [4.78, 5) is 31.0. The van der Waals surface area contributed by atoms with Crippen LogP contribution in [0.5, 0.6) is 11.5 Å². The molecule has 0 amide bonds. The smallest absolute Gasteiger partial charge is 0.308 e. The molecule has 2 aliphatic rings. The lowest BCUT2D eigenvalue weighted by Gasteiger charge is -2.31. The summed E-state index contributed by atoms with van der Waals surface area (Å²) in [5.41, 5.74) is 6.17. The molecule has 0 fully saturated rings. The maximum absolute atomic E-state index is 13.9. The van der Waals surface area contributed by atoms with Crippen molar-refractivity contribution in [3.8, 4) is 11.5 Å². The van der Waals surface area contributed by atoms with Crippen LogP contribution in [0.25, 0.3) is 11.8 Å². The average molecular weight is 509 g/mol. The van der Waals surface area contributed by atoms with Crippen molar-refractivity contribution >= 4 is 29.1 Å². The van der Waals surface area contributed by atoms with Crippen LogP contribution in [0, 0.1) is 0 Å². The normalized spacial score (nSPS) is 16.4. The highest BCUT2D eigenvalue weighted by Gasteiger charge is 2.32. The van der Waals surface area contributed by atoms with Crippen molar-refractivity contribution in [3.05, 3.63) is 120 Å². The monoisotopic (exact) mass is 508 g/mol. The van der Waals surface area contributed by atoms with E-state index in [-0.39, 0.29) is 17.6 Å². The number of allylic oxidation sites excluding steroid dienone is 1. The number of rotatable bonds is 4. The Bertz CT molecular complexity index is 1760. The van der Waals surface area contributed by atoms with Gasteiger partial charge in [-0.25, -0.2) is 4.99 Å². The van der Waals surface area contributed by atoms with Crippen molar-refractivity contribution in [1.29, 1.82) is 0 Å². The predicted octanol–water partition coefficient (Wildman–Crippen LogP) is 4.25. The second-order valence-electron chi connectivity index (χ2n) is 9.06. The molecular formula is C30H24N2O4S. The molecule has 0 N–H and O–H groups in total. The second kappa shape index (κ2) is 9.33. The van der Waals surface area contributed by atoms with E-state index in [4.69, 9.17) is 14.5 Å². The van der Waals surface area contributed by atoms with Crippen LogP contribution < -0.4 is 24.4 Å². The number of aromatic nitrogens is 1. The number of benzene rings is 3. The van der Waals surface area contributed by atoms with Crippen molar-refractivity contribution in [1.82, 2.24) is 4.57 Å². The molecule has 0 radical (unpaired) electrons. The molecule has 2 heterocycles. The number of nitrogens with zero attached hydrogens (tertiary/aromatic N) is 2. The molecule has 0 bridgehead atoms. The third-order valence-corrected chi connectivity index (χ3v) is 7.68. The van der Waals surface area contributed by atoms with E-state index in [1.54, 1.807) is 25.3 Å². The highest BCUT2D eigenvalue weighted by molar-refractivity contribution is 7.07. The van der Waals surface area contributed by atoms with Crippen LogP contribution in [0.3, 0.4) is 0 Å². The van der Waals surface area contributed by atoms with Crippen LogP contribution in [0.4, 0.5) is 0 Å². The van der Waals surface area contributed by atoms with E-state index >= 15 is 0 Å². The van der Waals surface area contributed by atoms with E-state index < -0.39 is 0 Å². The first-order valence-electron chi connectivity index (χ1n) is 12.1. The standard InChI is InChI=1S/C30H24N2O4S/c1-18(33)36-23-11-5-7-19(15-23)16-26-29(34)32-28(21-9-6-10-22(17-21)35-2)25-14-13-20-8-3-4-12-24(20)27(25)31-30(32)37-26/h3-12,15-17,28H,13-14H2,1-2H3/b26-16+/t28-/m1/s1. The molecule has 7 heteroatoms. The summed E-state index contributed by atoms with van der Waals surface area (Å²) in [5, 5.41) is 0. The Morgan fingerprint density at radius 1 is 1.03 bits per heavy atom. The van der Waals surface area contributed by atoms with Crippen LogP contribution in [-0.2, 0) is 11.2 Å². The molecule has 1 atom stereocenters. The summed E-state index contributed by atoms with van der Waals surface area (Å²) in [6.07, 6.45) is 3.56. The van der Waals surface area contributed by atoms with Gasteiger partial charge in [-0.15, -0.1) is 0 Å². The average Bonchev–Trinajstić information content (AvgIpc) is 3.21. The molecule has 0 saturated carbocycles. The fourth-order valence-electron chi connectivity index (χ4n) is 5.12. The van der Waals surface area contributed by atoms with Gasteiger partial charge in [-0.1, -0.05) is 59.9 Å². The van der Waals surface area contributed by atoms with Gasteiger partial charge in [0.25, 0.3) is 5.56 Å². The largest absolute Gasteiger partial charge is 0.497 e. The molecule has 6 nitrogen and oxygen atoms in total. The number of aryl methyl sites for hydroxylation is 1. The minimum Gasteiger partial charge on any atom is -0.497 e. The summed E-state index contributed by atoms with van der Waals surface area (Å²) in [6.45, 7) is 1.36. The fourth-order valence-corrected chi connectivity index (χ4v) is 6.12. The third-order valence-electron chi connectivity index (χ3n) is 6.70. The van der Waals surface area contributed by atoms with Gasteiger partial charge in [-0.05, 0) is 65.4 Å². The lowest BCUT2D eigenvalue weighted by Crippen LogP contribution is -2.38. The first-order chi connectivity index (χ1) is 18.0. The SMILES string of the molecule is COc1cccc([C@@H]2C3=C(N=c4s/c(=C/c5cccc(OC(C)=O)c5)c(=O)n42)c2ccccc2CC3)c1. The number of thiazole rings is 1. The molecule has 3 aromatic carbocycles. The molecule has 0 saturated heterocycles. The number of ether oxygens (including phenoxy) is 2. The van der Waals surface area contributed by atoms with Gasteiger partial charge in [-0.2, -0.15) is 0 Å². The van der Waals surface area contributed by atoms with Gasteiger partial charge in [0.2, 0.25) is 0 Å². The first-order valence-corrected chi connectivity index (χ1v) is 12.9.